The number of halogens is 1. The molecule has 0 amide bonds. The second-order valence-electron chi connectivity index (χ2n) is 3.50. The first-order valence-corrected chi connectivity index (χ1v) is 5.06. The van der Waals surface area contributed by atoms with Crippen LogP contribution in [0.1, 0.15) is 0 Å². The number of aromatic nitrogens is 1. The van der Waals surface area contributed by atoms with E-state index in [1.165, 1.54) is 19.4 Å². The van der Waals surface area contributed by atoms with Crippen molar-refractivity contribution >= 4 is 5.69 Å². The van der Waals surface area contributed by atoms with Gasteiger partial charge < -0.3 is 4.74 Å². The fraction of sp³-hybridized carbons (Fsp3) is 0.0833. The van der Waals surface area contributed by atoms with Crippen LogP contribution in [0.4, 0.5) is 10.1 Å². The predicted molar refractivity (Wildman–Crippen MR) is 62.8 cm³/mol. The van der Waals surface area contributed by atoms with E-state index in [1.54, 1.807) is 12.1 Å². The third-order valence-electron chi connectivity index (χ3n) is 2.41. The summed E-state index contributed by atoms with van der Waals surface area (Å²) in [7, 11) is 1.51. The highest BCUT2D eigenvalue weighted by molar-refractivity contribution is 5.63. The first-order chi connectivity index (χ1) is 8.61. The van der Waals surface area contributed by atoms with Crippen LogP contribution >= 0.6 is 0 Å². The van der Waals surface area contributed by atoms with Crippen molar-refractivity contribution in [1.82, 2.24) is 4.98 Å². The van der Waals surface area contributed by atoms with Gasteiger partial charge >= 0.3 is 5.69 Å². The molecule has 0 bridgehead atoms. The summed E-state index contributed by atoms with van der Waals surface area (Å²) in [4.78, 5) is 13.9. The number of ether oxygens (including phenoxy) is 1. The predicted octanol–water partition coefficient (Wildman–Crippen LogP) is 2.80. The summed E-state index contributed by atoms with van der Waals surface area (Å²) in [6, 6.07) is 6.91. The first-order valence-electron chi connectivity index (χ1n) is 5.06. The molecule has 0 aliphatic heterocycles. The molecule has 5 nitrogen and oxygen atoms in total. The minimum Gasteiger partial charge on any atom is -0.497 e. The second kappa shape index (κ2) is 4.79. The van der Waals surface area contributed by atoms with E-state index in [0.29, 0.717) is 17.0 Å². The zero-order valence-corrected chi connectivity index (χ0v) is 9.46. The van der Waals surface area contributed by atoms with Crippen LogP contribution < -0.4 is 4.74 Å². The quantitative estimate of drug-likeness (QED) is 0.618. The van der Waals surface area contributed by atoms with E-state index in [0.717, 1.165) is 12.1 Å². The van der Waals surface area contributed by atoms with Gasteiger partial charge in [-0.05, 0) is 18.2 Å². The SMILES string of the molecule is COc1ccnc(-c2ccc(F)c([N+](=O)[O-])c2)c1. The summed E-state index contributed by atoms with van der Waals surface area (Å²) >= 11 is 0. The normalized spacial score (nSPS) is 10.1. The van der Waals surface area contributed by atoms with Crippen LogP contribution in [0, 0.1) is 15.9 Å². The Morgan fingerprint density at radius 2 is 2.11 bits per heavy atom. The van der Waals surface area contributed by atoms with Crippen LogP contribution in [-0.4, -0.2) is 17.0 Å². The number of nitro benzene ring substituents is 1. The summed E-state index contributed by atoms with van der Waals surface area (Å²) in [6.07, 6.45) is 1.52. The number of nitrogens with zero attached hydrogens (tertiary/aromatic N) is 2. The summed E-state index contributed by atoms with van der Waals surface area (Å²) in [5, 5.41) is 10.6. The van der Waals surface area contributed by atoms with Crippen LogP contribution in [0.15, 0.2) is 36.5 Å². The summed E-state index contributed by atoms with van der Waals surface area (Å²) in [6.45, 7) is 0. The van der Waals surface area contributed by atoms with Gasteiger partial charge in [0.05, 0.1) is 17.7 Å². The number of nitro groups is 1. The molecule has 1 aromatic heterocycles. The topological polar surface area (TPSA) is 65.3 Å². The highest BCUT2D eigenvalue weighted by atomic mass is 19.1. The summed E-state index contributed by atoms with van der Waals surface area (Å²) in [5.74, 6) is -0.293. The average molecular weight is 248 g/mol. The number of hydrogen-bond donors (Lipinski definition) is 0. The van der Waals surface area contributed by atoms with Gasteiger partial charge in [0.25, 0.3) is 0 Å². The van der Waals surface area contributed by atoms with E-state index in [-0.39, 0.29) is 0 Å². The van der Waals surface area contributed by atoms with E-state index in [9.17, 15) is 14.5 Å². The smallest absolute Gasteiger partial charge is 0.305 e. The van der Waals surface area contributed by atoms with E-state index in [1.807, 2.05) is 0 Å². The van der Waals surface area contributed by atoms with Crippen molar-refractivity contribution in [3.05, 3.63) is 52.5 Å². The summed E-state index contributed by atoms with van der Waals surface area (Å²) < 4.78 is 18.2. The highest BCUT2D eigenvalue weighted by Gasteiger charge is 2.15. The fourth-order valence-electron chi connectivity index (χ4n) is 1.51. The maximum absolute atomic E-state index is 13.2. The van der Waals surface area contributed by atoms with Crippen molar-refractivity contribution in [3.63, 3.8) is 0 Å². The standard InChI is InChI=1S/C12H9FN2O3/c1-18-9-4-5-14-11(7-9)8-2-3-10(13)12(6-8)15(16)17/h2-7H,1H3. The van der Waals surface area contributed by atoms with E-state index in [2.05, 4.69) is 4.98 Å². The zero-order chi connectivity index (χ0) is 13.1. The Kier molecular flexibility index (Phi) is 3.18. The maximum atomic E-state index is 13.2. The van der Waals surface area contributed by atoms with E-state index in [4.69, 9.17) is 4.74 Å². The molecule has 18 heavy (non-hydrogen) atoms. The van der Waals surface area contributed by atoms with Gasteiger partial charge in [0.2, 0.25) is 5.82 Å². The van der Waals surface area contributed by atoms with Gasteiger partial charge in [0, 0.05) is 23.9 Å². The monoisotopic (exact) mass is 248 g/mol. The van der Waals surface area contributed by atoms with Crippen LogP contribution in [0.3, 0.4) is 0 Å². The molecule has 0 aliphatic rings. The molecule has 0 spiro atoms. The highest BCUT2D eigenvalue weighted by Crippen LogP contribution is 2.26. The molecule has 0 N–H and O–H groups in total. The number of pyridine rings is 1. The number of rotatable bonds is 3. The van der Waals surface area contributed by atoms with Gasteiger partial charge in [-0.2, -0.15) is 4.39 Å². The molecule has 1 aromatic carbocycles. The molecule has 0 radical (unpaired) electrons. The minimum atomic E-state index is -0.869. The van der Waals surface area contributed by atoms with Crippen molar-refractivity contribution in [2.45, 2.75) is 0 Å². The molecule has 0 atom stereocenters. The third kappa shape index (κ3) is 2.27. The molecule has 6 heteroatoms. The second-order valence-corrected chi connectivity index (χ2v) is 3.50. The lowest BCUT2D eigenvalue weighted by molar-refractivity contribution is -0.387. The van der Waals surface area contributed by atoms with Crippen molar-refractivity contribution < 1.29 is 14.1 Å². The molecule has 2 rings (SSSR count). The van der Waals surface area contributed by atoms with Gasteiger partial charge in [-0.25, -0.2) is 0 Å². The summed E-state index contributed by atoms with van der Waals surface area (Å²) in [5.41, 5.74) is 0.372. The van der Waals surface area contributed by atoms with Gasteiger partial charge in [-0.15, -0.1) is 0 Å². The van der Waals surface area contributed by atoms with Gasteiger partial charge in [0.15, 0.2) is 0 Å². The lowest BCUT2D eigenvalue weighted by Gasteiger charge is -2.04. The Balaban J connectivity index is 2.50. The van der Waals surface area contributed by atoms with Crippen LogP contribution in [0.5, 0.6) is 5.75 Å². The molecule has 0 saturated heterocycles. The fourth-order valence-corrected chi connectivity index (χ4v) is 1.51. The molecule has 2 aromatic rings. The van der Waals surface area contributed by atoms with Gasteiger partial charge in [-0.3, -0.25) is 15.1 Å². The maximum Gasteiger partial charge on any atom is 0.305 e. The molecule has 0 saturated carbocycles. The lowest BCUT2D eigenvalue weighted by Crippen LogP contribution is -1.94. The van der Waals surface area contributed by atoms with Crippen molar-refractivity contribution in [2.75, 3.05) is 7.11 Å². The van der Waals surface area contributed by atoms with Crippen molar-refractivity contribution in [3.8, 4) is 17.0 Å². The molecule has 0 unspecified atom stereocenters. The Bertz CT molecular complexity index is 602. The molecule has 0 fully saturated rings. The molecular weight excluding hydrogens is 239 g/mol. The van der Waals surface area contributed by atoms with E-state index >= 15 is 0 Å². The minimum absolute atomic E-state index is 0.460. The van der Waals surface area contributed by atoms with Crippen LogP contribution in [-0.2, 0) is 0 Å². The van der Waals surface area contributed by atoms with Gasteiger partial charge in [0.1, 0.15) is 5.75 Å². The average Bonchev–Trinajstić information content (AvgIpc) is 2.39. The Labute approximate surface area is 102 Å². The molecule has 1 heterocycles. The largest absolute Gasteiger partial charge is 0.497 e. The number of hydrogen-bond acceptors (Lipinski definition) is 4. The van der Waals surface area contributed by atoms with Gasteiger partial charge in [-0.1, -0.05) is 0 Å². The van der Waals surface area contributed by atoms with Crippen molar-refractivity contribution in [2.24, 2.45) is 0 Å². The van der Waals surface area contributed by atoms with Crippen LogP contribution in [0.25, 0.3) is 11.3 Å². The lowest BCUT2D eigenvalue weighted by atomic mass is 10.1. The molecule has 0 aliphatic carbocycles. The molecular formula is C12H9FN2O3. The Hall–Kier alpha value is -2.50. The first kappa shape index (κ1) is 12.0. The van der Waals surface area contributed by atoms with E-state index < -0.39 is 16.4 Å². The Morgan fingerprint density at radius 1 is 1.33 bits per heavy atom. The number of benzene rings is 1. The number of methoxy groups -OCH3 is 1. The Morgan fingerprint density at radius 3 is 2.78 bits per heavy atom. The third-order valence-corrected chi connectivity index (χ3v) is 2.41. The van der Waals surface area contributed by atoms with Crippen LogP contribution in [0.2, 0.25) is 0 Å². The zero-order valence-electron chi connectivity index (χ0n) is 9.46. The van der Waals surface area contributed by atoms with Crippen molar-refractivity contribution in [1.29, 1.82) is 0 Å². The molecule has 92 valence electrons.